The van der Waals surface area contributed by atoms with Gasteiger partial charge in [-0.3, -0.25) is 14.4 Å². The number of carboxylic acids is 1. The summed E-state index contributed by atoms with van der Waals surface area (Å²) >= 11 is 0. The molecule has 2 N–H and O–H groups in total. The van der Waals surface area contributed by atoms with Crippen molar-refractivity contribution in [2.24, 2.45) is 17.8 Å². The number of Topliss-reactive ketones (excluding diaryl/α,β-unsaturated/α-hetero) is 1. The number of rotatable bonds is 6. The second-order valence-electron chi connectivity index (χ2n) is 5.30. The Balaban J connectivity index is 2.83. The number of aliphatic hydroxyl groups excluding tert-OH is 1. The summed E-state index contributed by atoms with van der Waals surface area (Å²) in [6.45, 7) is 3.63. The highest BCUT2D eigenvalue weighted by atomic mass is 16.5. The molecule has 0 aliphatic heterocycles. The van der Waals surface area contributed by atoms with Crippen molar-refractivity contribution >= 4 is 17.7 Å². The molecule has 0 saturated heterocycles. The van der Waals surface area contributed by atoms with Crippen molar-refractivity contribution in [2.45, 2.75) is 45.6 Å². The third-order valence-corrected chi connectivity index (χ3v) is 3.87. The molecular formula is C14H22O6. The number of aliphatic carboxylic acids is 1. The van der Waals surface area contributed by atoms with Gasteiger partial charge in [0.05, 0.1) is 12.5 Å². The standard InChI is InChI=1S/C14H22O6/c1-3-20-14(19)10(6-7-11(15)16)9-5-4-8(2)12(17)13(9)18/h8-10,12,17H,3-7H2,1-2H3,(H,15,16). The maximum absolute atomic E-state index is 12.1. The van der Waals surface area contributed by atoms with Crippen LogP contribution in [0.15, 0.2) is 0 Å². The Kier molecular flexibility index (Phi) is 6.13. The van der Waals surface area contributed by atoms with Gasteiger partial charge in [-0.05, 0) is 32.1 Å². The van der Waals surface area contributed by atoms with Gasteiger partial charge in [-0.25, -0.2) is 0 Å². The van der Waals surface area contributed by atoms with Gasteiger partial charge in [-0.2, -0.15) is 0 Å². The van der Waals surface area contributed by atoms with Gasteiger partial charge in [-0.1, -0.05) is 6.92 Å². The molecule has 0 bridgehead atoms. The SMILES string of the molecule is CCOC(=O)C(CCC(=O)O)C1CCC(C)C(O)C1=O. The van der Waals surface area contributed by atoms with E-state index in [4.69, 9.17) is 9.84 Å². The highest BCUT2D eigenvalue weighted by Gasteiger charge is 2.42. The molecule has 114 valence electrons. The van der Waals surface area contributed by atoms with Crippen molar-refractivity contribution in [3.8, 4) is 0 Å². The topological polar surface area (TPSA) is 101 Å². The van der Waals surface area contributed by atoms with Gasteiger partial charge in [0.1, 0.15) is 6.10 Å². The average molecular weight is 286 g/mol. The molecule has 6 nitrogen and oxygen atoms in total. The molecule has 1 fully saturated rings. The summed E-state index contributed by atoms with van der Waals surface area (Å²) in [7, 11) is 0. The monoisotopic (exact) mass is 286 g/mol. The molecule has 1 aliphatic carbocycles. The number of hydrogen-bond acceptors (Lipinski definition) is 5. The van der Waals surface area contributed by atoms with Gasteiger partial charge in [0, 0.05) is 12.3 Å². The smallest absolute Gasteiger partial charge is 0.309 e. The van der Waals surface area contributed by atoms with E-state index in [1.807, 2.05) is 0 Å². The molecule has 1 rings (SSSR count). The molecule has 1 saturated carbocycles. The Morgan fingerprint density at radius 3 is 2.60 bits per heavy atom. The highest BCUT2D eigenvalue weighted by Crippen LogP contribution is 2.33. The number of carbonyl (C=O) groups is 3. The summed E-state index contributed by atoms with van der Waals surface area (Å²) in [6.07, 6.45) is -0.0822. The number of aliphatic hydroxyl groups is 1. The zero-order valence-electron chi connectivity index (χ0n) is 11.9. The lowest BCUT2D eigenvalue weighted by atomic mass is 9.72. The van der Waals surface area contributed by atoms with Crippen molar-refractivity contribution in [3.63, 3.8) is 0 Å². The van der Waals surface area contributed by atoms with Gasteiger partial charge in [0.15, 0.2) is 5.78 Å². The molecule has 0 aromatic heterocycles. The van der Waals surface area contributed by atoms with Crippen LogP contribution >= 0.6 is 0 Å². The van der Waals surface area contributed by atoms with E-state index in [-0.39, 0.29) is 31.1 Å². The number of ketones is 1. The molecule has 0 aromatic rings. The molecule has 0 spiro atoms. The fourth-order valence-corrected chi connectivity index (χ4v) is 2.65. The summed E-state index contributed by atoms with van der Waals surface area (Å²) in [5, 5.41) is 18.6. The first-order chi connectivity index (χ1) is 9.38. The first-order valence-electron chi connectivity index (χ1n) is 6.98. The summed E-state index contributed by atoms with van der Waals surface area (Å²) in [6, 6.07) is 0. The largest absolute Gasteiger partial charge is 0.481 e. The molecule has 1 aliphatic rings. The lowest BCUT2D eigenvalue weighted by Crippen LogP contribution is -2.43. The molecule has 4 unspecified atom stereocenters. The van der Waals surface area contributed by atoms with Gasteiger partial charge < -0.3 is 14.9 Å². The van der Waals surface area contributed by atoms with Crippen LogP contribution in [0.4, 0.5) is 0 Å². The van der Waals surface area contributed by atoms with Gasteiger partial charge in [-0.15, -0.1) is 0 Å². The van der Waals surface area contributed by atoms with Gasteiger partial charge in [0.25, 0.3) is 0 Å². The molecule has 0 radical (unpaired) electrons. The molecule has 20 heavy (non-hydrogen) atoms. The van der Waals surface area contributed by atoms with Gasteiger partial charge >= 0.3 is 11.9 Å². The molecule has 6 heteroatoms. The van der Waals surface area contributed by atoms with Crippen LogP contribution in [0.2, 0.25) is 0 Å². The summed E-state index contributed by atoms with van der Waals surface area (Å²) in [5.74, 6) is -3.47. The summed E-state index contributed by atoms with van der Waals surface area (Å²) < 4.78 is 4.93. The second kappa shape index (κ2) is 7.38. The number of carbonyl (C=O) groups excluding carboxylic acids is 2. The maximum Gasteiger partial charge on any atom is 0.309 e. The predicted molar refractivity (Wildman–Crippen MR) is 69.9 cm³/mol. The van der Waals surface area contributed by atoms with Crippen LogP contribution in [-0.4, -0.2) is 40.6 Å². The van der Waals surface area contributed by atoms with Crippen molar-refractivity contribution in [1.29, 1.82) is 0 Å². The van der Waals surface area contributed by atoms with E-state index >= 15 is 0 Å². The van der Waals surface area contributed by atoms with Crippen molar-refractivity contribution in [1.82, 2.24) is 0 Å². The average Bonchev–Trinajstić information content (AvgIpc) is 2.38. The predicted octanol–water partition coefficient (Wildman–Crippen LogP) is 1.01. The van der Waals surface area contributed by atoms with Crippen LogP contribution in [-0.2, 0) is 19.1 Å². The van der Waals surface area contributed by atoms with Crippen molar-refractivity contribution in [3.05, 3.63) is 0 Å². The minimum absolute atomic E-state index is 0.0612. The van der Waals surface area contributed by atoms with E-state index in [1.54, 1.807) is 13.8 Å². The Morgan fingerprint density at radius 1 is 1.40 bits per heavy atom. The Hall–Kier alpha value is -1.43. The van der Waals surface area contributed by atoms with Crippen LogP contribution in [0, 0.1) is 17.8 Å². The third-order valence-electron chi connectivity index (χ3n) is 3.87. The van der Waals surface area contributed by atoms with E-state index in [2.05, 4.69) is 0 Å². The number of hydrogen-bond donors (Lipinski definition) is 2. The van der Waals surface area contributed by atoms with Crippen molar-refractivity contribution in [2.75, 3.05) is 6.61 Å². The summed E-state index contributed by atoms with van der Waals surface area (Å²) in [4.78, 5) is 34.7. The molecule has 4 atom stereocenters. The van der Waals surface area contributed by atoms with Crippen LogP contribution in [0.3, 0.4) is 0 Å². The molecule has 0 heterocycles. The zero-order chi connectivity index (χ0) is 15.3. The van der Waals surface area contributed by atoms with Crippen LogP contribution < -0.4 is 0 Å². The van der Waals surface area contributed by atoms with Crippen LogP contribution in [0.25, 0.3) is 0 Å². The second-order valence-corrected chi connectivity index (χ2v) is 5.30. The minimum Gasteiger partial charge on any atom is -0.481 e. The summed E-state index contributed by atoms with van der Waals surface area (Å²) in [5.41, 5.74) is 0. The lowest BCUT2D eigenvalue weighted by molar-refractivity contribution is -0.157. The Morgan fingerprint density at radius 2 is 2.05 bits per heavy atom. The lowest BCUT2D eigenvalue weighted by Gasteiger charge is -2.33. The number of ether oxygens (including phenoxy) is 1. The van der Waals surface area contributed by atoms with Gasteiger partial charge in [0.2, 0.25) is 0 Å². The fourth-order valence-electron chi connectivity index (χ4n) is 2.65. The van der Waals surface area contributed by atoms with E-state index < -0.39 is 29.9 Å². The molecule has 0 amide bonds. The van der Waals surface area contributed by atoms with E-state index in [0.29, 0.717) is 12.8 Å². The quantitative estimate of drug-likeness (QED) is 0.707. The van der Waals surface area contributed by atoms with Crippen LogP contribution in [0.5, 0.6) is 0 Å². The Labute approximate surface area is 118 Å². The number of esters is 1. The third kappa shape index (κ3) is 4.03. The van der Waals surface area contributed by atoms with E-state index in [9.17, 15) is 19.5 Å². The van der Waals surface area contributed by atoms with E-state index in [0.717, 1.165) is 0 Å². The molecule has 0 aromatic carbocycles. The zero-order valence-corrected chi connectivity index (χ0v) is 11.9. The van der Waals surface area contributed by atoms with E-state index in [1.165, 1.54) is 0 Å². The minimum atomic E-state index is -1.07. The fraction of sp³-hybridized carbons (Fsp3) is 0.786. The first kappa shape index (κ1) is 16.6. The van der Waals surface area contributed by atoms with Crippen LogP contribution in [0.1, 0.15) is 39.5 Å². The highest BCUT2D eigenvalue weighted by molar-refractivity contribution is 5.90. The Bertz CT molecular complexity index is 378. The normalized spacial score (nSPS) is 27.9. The first-order valence-corrected chi connectivity index (χ1v) is 6.98. The maximum atomic E-state index is 12.1. The number of carboxylic acid groups (broad SMARTS) is 1. The molecular weight excluding hydrogens is 264 g/mol. The van der Waals surface area contributed by atoms with Crippen molar-refractivity contribution < 1.29 is 29.3 Å².